The molecule has 3 rings (SSSR count). The Bertz CT molecular complexity index is 903. The highest BCUT2D eigenvalue weighted by Crippen LogP contribution is 2.39. The smallest absolute Gasteiger partial charge is 0.290 e. The van der Waals surface area contributed by atoms with Crippen LogP contribution in [0.3, 0.4) is 0 Å². The number of hydrogen-bond donors (Lipinski definition) is 2. The molecule has 1 aliphatic rings. The number of aliphatic hydroxyl groups excluding tert-OH is 1. The molecule has 6 heteroatoms. The van der Waals surface area contributed by atoms with Gasteiger partial charge < -0.3 is 19.9 Å². The molecule has 0 saturated heterocycles. The molecular weight excluding hydrogens is 380 g/mol. The molecule has 2 aromatic rings. The van der Waals surface area contributed by atoms with Crippen LogP contribution in [-0.2, 0) is 14.3 Å². The van der Waals surface area contributed by atoms with E-state index in [0.717, 1.165) is 11.1 Å². The number of nitrogens with zero attached hydrogens (tertiary/aromatic N) is 1. The van der Waals surface area contributed by atoms with Crippen molar-refractivity contribution in [1.82, 2.24) is 4.98 Å². The van der Waals surface area contributed by atoms with Gasteiger partial charge in [-0.3, -0.25) is 9.78 Å². The number of ether oxygens (including phenoxy) is 2. The van der Waals surface area contributed by atoms with Crippen LogP contribution in [-0.4, -0.2) is 35.5 Å². The van der Waals surface area contributed by atoms with Crippen molar-refractivity contribution < 1.29 is 19.4 Å². The highest BCUT2D eigenvalue weighted by Gasteiger charge is 2.37. The summed E-state index contributed by atoms with van der Waals surface area (Å²) in [6, 6.07) is 11.2. The Morgan fingerprint density at radius 3 is 2.77 bits per heavy atom. The Morgan fingerprint density at radius 2 is 2.13 bits per heavy atom. The van der Waals surface area contributed by atoms with Crippen molar-refractivity contribution in [2.24, 2.45) is 5.92 Å². The fraction of sp³-hybridized carbons (Fsp3) is 0.333. The first kappa shape index (κ1) is 21.6. The number of allylic oxidation sites excluding steroid dienone is 1. The fourth-order valence-electron chi connectivity index (χ4n) is 3.58. The summed E-state index contributed by atoms with van der Waals surface area (Å²) in [4.78, 5) is 16.9. The minimum absolute atomic E-state index is 0.0521. The van der Waals surface area contributed by atoms with E-state index in [1.54, 1.807) is 24.5 Å². The summed E-state index contributed by atoms with van der Waals surface area (Å²) in [5.41, 5.74) is 2.38. The molecule has 2 heterocycles. The predicted molar refractivity (Wildman–Crippen MR) is 114 cm³/mol. The number of amides is 1. The maximum absolute atomic E-state index is 12.9. The van der Waals surface area contributed by atoms with Crippen LogP contribution < -0.4 is 5.32 Å². The summed E-state index contributed by atoms with van der Waals surface area (Å²) in [5, 5.41) is 12.2. The molecule has 0 fully saturated rings. The quantitative estimate of drug-likeness (QED) is 0.657. The van der Waals surface area contributed by atoms with Crippen molar-refractivity contribution in [1.29, 1.82) is 0 Å². The summed E-state index contributed by atoms with van der Waals surface area (Å²) in [5.74, 6) is 2.28. The van der Waals surface area contributed by atoms with E-state index in [9.17, 15) is 9.90 Å². The van der Waals surface area contributed by atoms with Crippen molar-refractivity contribution in [3.05, 3.63) is 71.8 Å². The van der Waals surface area contributed by atoms with Crippen LogP contribution in [0.4, 0.5) is 5.69 Å². The van der Waals surface area contributed by atoms with E-state index < -0.39 is 6.29 Å². The number of terminal acetylenes is 1. The number of anilines is 1. The summed E-state index contributed by atoms with van der Waals surface area (Å²) in [6.45, 7) is 2.41. The monoisotopic (exact) mass is 406 g/mol. The molecule has 0 aliphatic carbocycles. The van der Waals surface area contributed by atoms with Gasteiger partial charge in [0.15, 0.2) is 5.76 Å². The predicted octanol–water partition coefficient (Wildman–Crippen LogP) is 3.45. The third-order valence-corrected chi connectivity index (χ3v) is 5.02. The van der Waals surface area contributed by atoms with Gasteiger partial charge in [-0.1, -0.05) is 18.1 Å². The molecule has 0 bridgehead atoms. The molecule has 1 aliphatic heterocycles. The highest BCUT2D eigenvalue weighted by molar-refractivity contribution is 6.02. The molecule has 1 aromatic carbocycles. The molecule has 156 valence electrons. The summed E-state index contributed by atoms with van der Waals surface area (Å²) < 4.78 is 11.8. The number of carbonyl (C=O) groups excluding carboxylic acids is 1. The minimum atomic E-state index is -0.599. The molecule has 2 N–H and O–H groups in total. The zero-order valence-electron chi connectivity index (χ0n) is 17.0. The highest BCUT2D eigenvalue weighted by atomic mass is 16.7. The molecule has 0 saturated carbocycles. The van der Waals surface area contributed by atoms with Crippen LogP contribution >= 0.6 is 0 Å². The van der Waals surface area contributed by atoms with Crippen LogP contribution in [0.1, 0.15) is 36.8 Å². The number of rotatable bonds is 8. The van der Waals surface area contributed by atoms with E-state index >= 15 is 0 Å². The van der Waals surface area contributed by atoms with Crippen molar-refractivity contribution in [2.75, 3.05) is 18.5 Å². The van der Waals surface area contributed by atoms with Gasteiger partial charge in [-0.25, -0.2) is 0 Å². The first-order chi connectivity index (χ1) is 14.7. The van der Waals surface area contributed by atoms with Crippen molar-refractivity contribution in [3.63, 3.8) is 0 Å². The van der Waals surface area contributed by atoms with Crippen molar-refractivity contribution >= 4 is 11.6 Å². The van der Waals surface area contributed by atoms with Gasteiger partial charge in [0, 0.05) is 36.8 Å². The Morgan fingerprint density at radius 1 is 1.33 bits per heavy atom. The van der Waals surface area contributed by atoms with E-state index in [-0.39, 0.29) is 30.1 Å². The minimum Gasteiger partial charge on any atom is -0.459 e. The molecule has 1 amide bonds. The van der Waals surface area contributed by atoms with Crippen LogP contribution in [0.25, 0.3) is 0 Å². The fourth-order valence-corrected chi connectivity index (χ4v) is 3.58. The van der Waals surface area contributed by atoms with E-state index in [4.69, 9.17) is 15.9 Å². The van der Waals surface area contributed by atoms with Gasteiger partial charge >= 0.3 is 0 Å². The number of benzene rings is 1. The van der Waals surface area contributed by atoms with Gasteiger partial charge in [0.25, 0.3) is 5.91 Å². The maximum atomic E-state index is 12.9. The van der Waals surface area contributed by atoms with Crippen LogP contribution in [0.5, 0.6) is 0 Å². The van der Waals surface area contributed by atoms with E-state index in [1.165, 1.54) is 0 Å². The standard InChI is InChI=1S/C24H26N2O4/c1-3-17-9-11-18(12-10-17)21-15-22(23(28)26-19-7-5-13-25-16-19)30-24(29-4-2)20(21)8-6-14-27/h1,5,7,9-13,15-16,20-21,24,27H,4,6,8,14H2,2H3,(H,26,28)/t20-,21-,24-/m0/s1. The first-order valence-electron chi connectivity index (χ1n) is 10.0. The maximum Gasteiger partial charge on any atom is 0.290 e. The molecule has 0 radical (unpaired) electrons. The summed E-state index contributed by atoms with van der Waals surface area (Å²) >= 11 is 0. The lowest BCUT2D eigenvalue weighted by atomic mass is 9.80. The van der Waals surface area contributed by atoms with Gasteiger partial charge in [0.1, 0.15) is 0 Å². The van der Waals surface area contributed by atoms with E-state index in [1.807, 2.05) is 37.3 Å². The Balaban J connectivity index is 1.93. The second-order valence-corrected chi connectivity index (χ2v) is 6.99. The van der Waals surface area contributed by atoms with Gasteiger partial charge in [-0.15, -0.1) is 6.42 Å². The van der Waals surface area contributed by atoms with Crippen LogP contribution in [0.15, 0.2) is 60.6 Å². The Labute approximate surface area is 176 Å². The number of pyridine rings is 1. The second kappa shape index (κ2) is 10.6. The second-order valence-electron chi connectivity index (χ2n) is 6.99. The van der Waals surface area contributed by atoms with Gasteiger partial charge in [-0.05, 0) is 55.7 Å². The number of hydrogen-bond acceptors (Lipinski definition) is 5. The number of aliphatic hydroxyl groups is 1. The number of aromatic nitrogens is 1. The molecule has 1 aromatic heterocycles. The molecule has 6 nitrogen and oxygen atoms in total. The number of nitrogens with one attached hydrogen (secondary N) is 1. The third kappa shape index (κ3) is 5.26. The van der Waals surface area contributed by atoms with Gasteiger partial charge in [-0.2, -0.15) is 0 Å². The Kier molecular flexibility index (Phi) is 7.61. The van der Waals surface area contributed by atoms with Crippen LogP contribution in [0, 0.1) is 18.3 Å². The largest absolute Gasteiger partial charge is 0.459 e. The van der Waals surface area contributed by atoms with E-state index in [0.29, 0.717) is 25.1 Å². The first-order valence-corrected chi connectivity index (χ1v) is 10.0. The topological polar surface area (TPSA) is 80.7 Å². The lowest BCUT2D eigenvalue weighted by Gasteiger charge is -2.37. The average molecular weight is 406 g/mol. The summed E-state index contributed by atoms with van der Waals surface area (Å²) in [7, 11) is 0. The lowest BCUT2D eigenvalue weighted by molar-refractivity contribution is -0.165. The van der Waals surface area contributed by atoms with Crippen molar-refractivity contribution in [3.8, 4) is 12.3 Å². The molecule has 3 atom stereocenters. The zero-order chi connectivity index (χ0) is 21.3. The average Bonchev–Trinajstić information content (AvgIpc) is 2.78. The number of carbonyl (C=O) groups is 1. The SMILES string of the molecule is C#Cc1ccc([C@@H]2C=C(C(=O)Nc3cccnc3)O[C@H](OCC)[C@H]2CCCO)cc1. The third-order valence-electron chi connectivity index (χ3n) is 5.02. The van der Waals surface area contributed by atoms with Gasteiger partial charge in [0.05, 0.1) is 11.9 Å². The molecule has 0 unspecified atom stereocenters. The summed E-state index contributed by atoms with van der Waals surface area (Å²) in [6.07, 6.45) is 11.2. The van der Waals surface area contributed by atoms with Crippen LogP contribution in [0.2, 0.25) is 0 Å². The normalized spacial score (nSPS) is 20.6. The Hall–Kier alpha value is -3.14. The molecule has 30 heavy (non-hydrogen) atoms. The van der Waals surface area contributed by atoms with E-state index in [2.05, 4.69) is 16.2 Å². The lowest BCUT2D eigenvalue weighted by Crippen LogP contribution is -2.37. The zero-order valence-corrected chi connectivity index (χ0v) is 17.0. The molecule has 0 spiro atoms. The van der Waals surface area contributed by atoms with Gasteiger partial charge in [0.2, 0.25) is 6.29 Å². The van der Waals surface area contributed by atoms with Crippen molar-refractivity contribution in [2.45, 2.75) is 32.0 Å². The molecular formula is C24H26N2O4.